The van der Waals surface area contributed by atoms with Crippen molar-refractivity contribution in [3.63, 3.8) is 0 Å². The molecule has 0 bridgehead atoms. The lowest BCUT2D eigenvalue weighted by molar-refractivity contribution is 1.22. The van der Waals surface area contributed by atoms with Gasteiger partial charge >= 0.3 is 0 Å². The van der Waals surface area contributed by atoms with Gasteiger partial charge in [0.15, 0.2) is 0 Å². The molecule has 0 unspecified atom stereocenters. The molecule has 101 valence electrons. The van der Waals surface area contributed by atoms with Gasteiger partial charge in [0.2, 0.25) is 0 Å². The second kappa shape index (κ2) is 5.26. The Morgan fingerprint density at radius 2 is 1.06 bits per heavy atom. The van der Waals surface area contributed by atoms with Crippen LogP contribution >= 0.6 is 0 Å². The summed E-state index contributed by atoms with van der Waals surface area (Å²) in [5.74, 6) is 0. The monoisotopic (exact) mass is 301 g/mol. The SMILES string of the molecule is C/C=N/[Si-]C([Si](C)(C)C)([Si](C)(C)C)[Si](C)(C)C. The van der Waals surface area contributed by atoms with Crippen LogP contribution in [0.4, 0.5) is 0 Å². The summed E-state index contributed by atoms with van der Waals surface area (Å²) in [4.78, 5) is 0. The lowest BCUT2D eigenvalue weighted by Gasteiger charge is -2.67. The zero-order chi connectivity index (χ0) is 14.1. The summed E-state index contributed by atoms with van der Waals surface area (Å²) in [5.41, 5.74) is 0. The molecule has 0 aromatic carbocycles. The van der Waals surface area contributed by atoms with E-state index in [0.29, 0.717) is 3.91 Å². The molecule has 5 heteroatoms. The third-order valence-electron chi connectivity index (χ3n) is 3.74. The van der Waals surface area contributed by atoms with E-state index in [9.17, 15) is 0 Å². The molecule has 0 N–H and O–H groups in total. The van der Waals surface area contributed by atoms with Gasteiger partial charge in [-0.1, -0.05) is 58.9 Å². The smallest absolute Gasteiger partial charge is 0.0144 e. The highest BCUT2D eigenvalue weighted by molar-refractivity contribution is 7.23. The van der Waals surface area contributed by atoms with Crippen LogP contribution in [0.5, 0.6) is 0 Å². The van der Waals surface area contributed by atoms with Crippen molar-refractivity contribution in [1.29, 1.82) is 0 Å². The molecule has 0 aliphatic carbocycles. The van der Waals surface area contributed by atoms with Gasteiger partial charge in [-0.05, 0) is 13.1 Å². The van der Waals surface area contributed by atoms with Gasteiger partial charge in [-0.15, -0.1) is 0 Å². The molecule has 0 fully saturated rings. The van der Waals surface area contributed by atoms with Gasteiger partial charge in [-0.2, -0.15) is 3.91 Å². The average molecular weight is 302 g/mol. The Labute approximate surface area is 114 Å². The predicted molar refractivity (Wildman–Crippen MR) is 92.7 cm³/mol. The van der Waals surface area contributed by atoms with Gasteiger partial charge < -0.3 is 14.3 Å². The summed E-state index contributed by atoms with van der Waals surface area (Å²) in [6.07, 6.45) is 2.02. The second-order valence-corrected chi connectivity index (χ2v) is 28.0. The van der Waals surface area contributed by atoms with Crippen LogP contribution in [0.15, 0.2) is 4.66 Å². The van der Waals surface area contributed by atoms with Crippen molar-refractivity contribution in [3.8, 4) is 0 Å². The third kappa shape index (κ3) is 3.30. The van der Waals surface area contributed by atoms with Crippen LogP contribution in [0.2, 0.25) is 62.8 Å². The Kier molecular flexibility index (Phi) is 5.43. The fourth-order valence-electron chi connectivity index (χ4n) is 4.04. The maximum atomic E-state index is 4.75. The van der Waals surface area contributed by atoms with Crippen LogP contribution in [0.25, 0.3) is 0 Å². The highest BCUT2D eigenvalue weighted by Crippen LogP contribution is 2.52. The van der Waals surface area contributed by atoms with Crippen molar-refractivity contribution in [2.24, 2.45) is 4.66 Å². The molecular formula is C12H31NSi4-. The molecule has 0 aliphatic heterocycles. The molecule has 0 aromatic rings. The fourth-order valence-corrected chi connectivity index (χ4v) is 36.0. The number of hydrogen-bond donors (Lipinski definition) is 0. The van der Waals surface area contributed by atoms with Crippen molar-refractivity contribution in [2.45, 2.75) is 69.8 Å². The van der Waals surface area contributed by atoms with Crippen molar-refractivity contribution >= 4 is 40.1 Å². The molecule has 0 saturated carbocycles. The van der Waals surface area contributed by atoms with Crippen LogP contribution in [0.3, 0.4) is 0 Å². The topological polar surface area (TPSA) is 12.4 Å². The van der Waals surface area contributed by atoms with E-state index in [2.05, 4.69) is 65.8 Å². The Morgan fingerprint density at radius 1 is 0.765 bits per heavy atom. The molecule has 17 heavy (non-hydrogen) atoms. The maximum absolute atomic E-state index is 4.75. The normalized spacial score (nSPS) is 15.4. The summed E-state index contributed by atoms with van der Waals surface area (Å²) < 4.78 is 5.36. The summed E-state index contributed by atoms with van der Waals surface area (Å²) in [5, 5.41) is 0. The molecule has 0 atom stereocenters. The van der Waals surface area contributed by atoms with E-state index < -0.39 is 24.2 Å². The lowest BCUT2D eigenvalue weighted by Crippen LogP contribution is -2.68. The van der Waals surface area contributed by atoms with Gasteiger partial charge in [0.05, 0.1) is 0 Å². The molecule has 0 aliphatic rings. The quantitative estimate of drug-likeness (QED) is 0.524. The summed E-state index contributed by atoms with van der Waals surface area (Å²) in [7, 11) is -2.87. The predicted octanol–water partition coefficient (Wildman–Crippen LogP) is 4.49. The van der Waals surface area contributed by atoms with Crippen molar-refractivity contribution in [3.05, 3.63) is 0 Å². The first kappa shape index (κ1) is 17.5. The van der Waals surface area contributed by atoms with E-state index in [-0.39, 0.29) is 0 Å². The van der Waals surface area contributed by atoms with Crippen molar-refractivity contribution in [2.75, 3.05) is 0 Å². The first-order valence-corrected chi connectivity index (χ1v) is 18.0. The Morgan fingerprint density at radius 3 is 1.24 bits per heavy atom. The molecule has 1 nitrogen and oxygen atoms in total. The van der Waals surface area contributed by atoms with Gasteiger partial charge in [0.25, 0.3) is 0 Å². The Balaban J connectivity index is 5.92. The van der Waals surface area contributed by atoms with Crippen LogP contribution in [0, 0.1) is 0 Å². The minimum atomic E-state index is -1.22. The molecule has 0 saturated heterocycles. The van der Waals surface area contributed by atoms with Crippen LogP contribution in [-0.4, -0.2) is 40.1 Å². The Hall–Kier alpha value is 0.538. The van der Waals surface area contributed by atoms with Gasteiger partial charge in [0.1, 0.15) is 0 Å². The maximum Gasteiger partial charge on any atom is 0.0144 e. The molecule has 0 heterocycles. The molecule has 0 amide bonds. The number of nitrogens with zero attached hydrogens (tertiary/aromatic N) is 1. The van der Waals surface area contributed by atoms with E-state index in [4.69, 9.17) is 4.66 Å². The van der Waals surface area contributed by atoms with Crippen LogP contribution in [-0.2, 0) is 0 Å². The highest BCUT2D eigenvalue weighted by atomic mass is 28.5. The average Bonchev–Trinajstić information content (AvgIpc) is 1.96. The lowest BCUT2D eigenvalue weighted by atomic mass is 10.9. The first-order chi connectivity index (χ1) is 7.31. The van der Waals surface area contributed by atoms with Crippen LogP contribution in [0.1, 0.15) is 6.92 Å². The molecule has 1 radical (unpaired) electrons. The molecule has 0 rings (SSSR count). The standard InChI is InChI=1S/C12H31NSi4/c1-11-13-14-12(15(2,3)4,16(5,6)7)17(8,9)10/h11H,1-10H3/q-1/b13-11+. The van der Waals surface area contributed by atoms with E-state index in [1.54, 1.807) is 0 Å². The minimum Gasteiger partial charge on any atom is -0.523 e. The minimum absolute atomic E-state index is 0.611. The second-order valence-electron chi connectivity index (χ2n) is 8.00. The zero-order valence-electron chi connectivity index (χ0n) is 13.5. The van der Waals surface area contributed by atoms with Crippen molar-refractivity contribution in [1.82, 2.24) is 0 Å². The highest BCUT2D eigenvalue weighted by Gasteiger charge is 2.51. The summed E-state index contributed by atoms with van der Waals surface area (Å²) >= 11 is 0. The van der Waals surface area contributed by atoms with Crippen LogP contribution < -0.4 is 0 Å². The van der Waals surface area contributed by atoms with E-state index >= 15 is 0 Å². The largest absolute Gasteiger partial charge is 0.523 e. The number of rotatable bonds is 5. The first-order valence-electron chi connectivity index (χ1n) is 6.56. The summed E-state index contributed by atoms with van der Waals surface area (Å²) in [6, 6.07) is 0. The van der Waals surface area contributed by atoms with Gasteiger partial charge in [-0.25, -0.2) is 0 Å². The summed E-state index contributed by atoms with van der Waals surface area (Å²) in [6.45, 7) is 25.2. The molecule has 0 aromatic heterocycles. The van der Waals surface area contributed by atoms with Gasteiger partial charge in [0, 0.05) is 24.2 Å². The van der Waals surface area contributed by atoms with Gasteiger partial charge in [-0.3, -0.25) is 0 Å². The van der Waals surface area contributed by atoms with Crippen molar-refractivity contribution < 1.29 is 0 Å². The fraction of sp³-hybridized carbons (Fsp3) is 0.917. The van der Waals surface area contributed by atoms with E-state index in [0.717, 1.165) is 9.68 Å². The van der Waals surface area contributed by atoms with E-state index in [1.807, 2.05) is 6.21 Å². The molecule has 0 spiro atoms. The zero-order valence-corrected chi connectivity index (χ0v) is 17.5. The third-order valence-corrected chi connectivity index (χ3v) is 32.5. The Bertz CT molecular complexity index is 242. The van der Waals surface area contributed by atoms with E-state index in [1.165, 1.54) is 0 Å². The molecular weight excluding hydrogens is 270 g/mol. The number of hydrogen-bond acceptors (Lipinski definition) is 1.